The van der Waals surface area contributed by atoms with Crippen molar-refractivity contribution in [1.82, 2.24) is 9.55 Å². The van der Waals surface area contributed by atoms with Crippen LogP contribution in [0, 0.1) is 0 Å². The molecule has 0 N–H and O–H groups in total. The molecule has 1 atom stereocenters. The zero-order chi connectivity index (χ0) is 25.1. The summed E-state index contributed by atoms with van der Waals surface area (Å²) in [6, 6.07) is 21.1. The molecule has 4 aromatic rings. The molecule has 1 aliphatic heterocycles. The van der Waals surface area contributed by atoms with Crippen LogP contribution in [0.4, 0.5) is 5.69 Å². The Labute approximate surface area is 210 Å². The molecule has 0 bridgehead atoms. The zero-order valence-corrected chi connectivity index (χ0v) is 20.6. The van der Waals surface area contributed by atoms with E-state index in [2.05, 4.69) is 10.6 Å². The number of fused-ring (bicyclic) bond motifs is 1. The van der Waals surface area contributed by atoms with Crippen LogP contribution in [0.15, 0.2) is 66.7 Å². The van der Waals surface area contributed by atoms with Gasteiger partial charge in [0.1, 0.15) is 23.9 Å². The smallest absolute Gasteiger partial charge is 0.227 e. The van der Waals surface area contributed by atoms with E-state index in [9.17, 15) is 4.79 Å². The Morgan fingerprint density at radius 1 is 0.889 bits per heavy atom. The molecule has 1 aromatic heterocycles. The summed E-state index contributed by atoms with van der Waals surface area (Å²) in [5.74, 6) is 3.50. The van der Waals surface area contributed by atoms with Gasteiger partial charge in [0.05, 0.1) is 44.6 Å². The second-order valence-corrected chi connectivity index (χ2v) is 8.55. The second-order valence-electron chi connectivity index (χ2n) is 8.55. The lowest BCUT2D eigenvalue weighted by Crippen LogP contribution is -2.25. The van der Waals surface area contributed by atoms with Gasteiger partial charge >= 0.3 is 0 Å². The number of nitrogens with zero attached hydrogens (tertiary/aromatic N) is 3. The highest BCUT2D eigenvalue weighted by molar-refractivity contribution is 5.98. The first-order chi connectivity index (χ1) is 17.6. The van der Waals surface area contributed by atoms with Gasteiger partial charge in [-0.2, -0.15) is 0 Å². The lowest BCUT2D eigenvalue weighted by atomic mass is 10.1. The third-order valence-corrected chi connectivity index (χ3v) is 6.49. The largest absolute Gasteiger partial charge is 0.497 e. The van der Waals surface area contributed by atoms with Crippen LogP contribution in [-0.2, 0) is 11.3 Å². The number of anilines is 1. The van der Waals surface area contributed by atoms with Crippen molar-refractivity contribution in [2.45, 2.75) is 18.9 Å². The Balaban J connectivity index is 1.42. The first kappa shape index (κ1) is 23.5. The summed E-state index contributed by atoms with van der Waals surface area (Å²) < 4.78 is 24.5. The maximum atomic E-state index is 13.2. The van der Waals surface area contributed by atoms with Crippen LogP contribution in [0.3, 0.4) is 0 Å². The Morgan fingerprint density at radius 3 is 2.42 bits per heavy atom. The normalized spacial score (nSPS) is 15.4. The van der Waals surface area contributed by atoms with Crippen molar-refractivity contribution in [3.8, 4) is 23.0 Å². The van der Waals surface area contributed by atoms with E-state index in [0.29, 0.717) is 54.8 Å². The number of methoxy groups -OCH3 is 3. The number of ether oxygens (including phenoxy) is 4. The predicted molar refractivity (Wildman–Crippen MR) is 137 cm³/mol. The molecule has 2 heterocycles. The third-order valence-electron chi connectivity index (χ3n) is 6.49. The van der Waals surface area contributed by atoms with E-state index in [-0.39, 0.29) is 11.8 Å². The van der Waals surface area contributed by atoms with Gasteiger partial charge in [0, 0.05) is 24.9 Å². The van der Waals surface area contributed by atoms with E-state index in [1.54, 1.807) is 26.2 Å². The molecular formula is C28H29N3O5. The maximum absolute atomic E-state index is 13.2. The molecule has 1 unspecified atom stereocenters. The van der Waals surface area contributed by atoms with E-state index in [4.69, 9.17) is 23.9 Å². The molecule has 8 heteroatoms. The SMILES string of the molecule is COc1ccc(OC)c(N2CC(c3nc4ccccc4n3CCOc3ccccc3OC)CC2=O)c1. The van der Waals surface area contributed by atoms with E-state index in [0.717, 1.165) is 16.9 Å². The summed E-state index contributed by atoms with van der Waals surface area (Å²) in [4.78, 5) is 19.9. The van der Waals surface area contributed by atoms with Crippen LogP contribution in [0.5, 0.6) is 23.0 Å². The Hall–Kier alpha value is -4.20. The van der Waals surface area contributed by atoms with Crippen LogP contribution in [0.1, 0.15) is 18.2 Å². The number of rotatable bonds is 9. The highest BCUT2D eigenvalue weighted by Crippen LogP contribution is 2.39. The summed E-state index contributed by atoms with van der Waals surface area (Å²) in [5.41, 5.74) is 2.61. The van der Waals surface area contributed by atoms with E-state index in [1.807, 2.05) is 60.7 Å². The number of carbonyl (C=O) groups is 1. The Kier molecular flexibility index (Phi) is 6.66. The van der Waals surface area contributed by atoms with Gasteiger partial charge in [-0.3, -0.25) is 4.79 Å². The molecule has 36 heavy (non-hydrogen) atoms. The number of amides is 1. The van der Waals surface area contributed by atoms with Crippen LogP contribution in [0.25, 0.3) is 11.0 Å². The highest BCUT2D eigenvalue weighted by atomic mass is 16.5. The predicted octanol–water partition coefficient (Wildman–Crippen LogP) is 4.66. The fourth-order valence-corrected chi connectivity index (χ4v) is 4.75. The molecule has 0 radical (unpaired) electrons. The summed E-state index contributed by atoms with van der Waals surface area (Å²) in [5, 5.41) is 0. The topological polar surface area (TPSA) is 75.1 Å². The molecule has 0 saturated carbocycles. The van der Waals surface area contributed by atoms with Gasteiger partial charge in [-0.25, -0.2) is 4.98 Å². The summed E-state index contributed by atoms with van der Waals surface area (Å²) in [6.45, 7) is 1.52. The van der Waals surface area contributed by atoms with Crippen molar-refractivity contribution in [3.05, 3.63) is 72.6 Å². The van der Waals surface area contributed by atoms with Gasteiger partial charge in [-0.15, -0.1) is 0 Å². The molecule has 1 fully saturated rings. The Morgan fingerprint density at radius 2 is 1.64 bits per heavy atom. The summed E-state index contributed by atoms with van der Waals surface area (Å²) >= 11 is 0. The third kappa shape index (κ3) is 4.42. The number of benzene rings is 3. The molecule has 0 spiro atoms. The first-order valence-corrected chi connectivity index (χ1v) is 11.9. The zero-order valence-electron chi connectivity index (χ0n) is 20.6. The molecule has 0 aliphatic carbocycles. The van der Waals surface area contributed by atoms with Crippen molar-refractivity contribution in [3.63, 3.8) is 0 Å². The Bertz CT molecular complexity index is 1380. The van der Waals surface area contributed by atoms with Gasteiger partial charge in [-0.05, 0) is 36.4 Å². The van der Waals surface area contributed by atoms with Crippen molar-refractivity contribution < 1.29 is 23.7 Å². The minimum Gasteiger partial charge on any atom is -0.497 e. The number of aromatic nitrogens is 2. The number of carbonyl (C=O) groups excluding carboxylic acids is 1. The van der Waals surface area contributed by atoms with Crippen molar-refractivity contribution in [2.24, 2.45) is 0 Å². The number of imidazole rings is 1. The maximum Gasteiger partial charge on any atom is 0.227 e. The lowest BCUT2D eigenvalue weighted by molar-refractivity contribution is -0.117. The van der Waals surface area contributed by atoms with Crippen molar-refractivity contribution in [2.75, 3.05) is 39.4 Å². The fraction of sp³-hybridized carbons (Fsp3) is 0.286. The van der Waals surface area contributed by atoms with E-state index in [1.165, 1.54) is 0 Å². The van der Waals surface area contributed by atoms with Gasteiger partial charge in [0.2, 0.25) is 5.91 Å². The van der Waals surface area contributed by atoms with Gasteiger partial charge in [0.25, 0.3) is 0 Å². The number of hydrogen-bond donors (Lipinski definition) is 0. The van der Waals surface area contributed by atoms with Crippen LogP contribution in [0.2, 0.25) is 0 Å². The fourth-order valence-electron chi connectivity index (χ4n) is 4.75. The standard InChI is InChI=1S/C28H29N3O5/c1-33-20-12-13-24(34-2)23(17-20)31-18-19(16-27(31)32)28-29-21-8-4-5-9-22(21)30(28)14-15-36-26-11-7-6-10-25(26)35-3/h4-13,17,19H,14-16,18H2,1-3H3. The van der Waals surface area contributed by atoms with E-state index < -0.39 is 0 Å². The molecule has 1 amide bonds. The molecule has 1 aliphatic rings. The monoisotopic (exact) mass is 487 g/mol. The average molecular weight is 488 g/mol. The first-order valence-electron chi connectivity index (χ1n) is 11.9. The van der Waals surface area contributed by atoms with Gasteiger partial charge < -0.3 is 28.4 Å². The summed E-state index contributed by atoms with van der Waals surface area (Å²) in [6.07, 6.45) is 0.358. The van der Waals surface area contributed by atoms with Crippen LogP contribution < -0.4 is 23.8 Å². The average Bonchev–Trinajstić information content (AvgIpc) is 3.49. The van der Waals surface area contributed by atoms with Crippen molar-refractivity contribution >= 4 is 22.6 Å². The molecule has 3 aromatic carbocycles. The molecular weight excluding hydrogens is 458 g/mol. The van der Waals surface area contributed by atoms with E-state index >= 15 is 0 Å². The van der Waals surface area contributed by atoms with Crippen LogP contribution >= 0.6 is 0 Å². The highest BCUT2D eigenvalue weighted by Gasteiger charge is 2.36. The summed E-state index contributed by atoms with van der Waals surface area (Å²) in [7, 11) is 4.84. The second kappa shape index (κ2) is 10.2. The minimum absolute atomic E-state index is 0.0235. The molecule has 8 nitrogen and oxygen atoms in total. The minimum atomic E-state index is -0.0768. The number of para-hydroxylation sites is 4. The van der Waals surface area contributed by atoms with Crippen LogP contribution in [-0.4, -0.2) is 49.9 Å². The lowest BCUT2D eigenvalue weighted by Gasteiger charge is -2.20. The molecule has 186 valence electrons. The molecule has 5 rings (SSSR count). The quantitative estimate of drug-likeness (QED) is 0.342. The van der Waals surface area contributed by atoms with Gasteiger partial charge in [0.15, 0.2) is 11.5 Å². The number of hydrogen-bond acceptors (Lipinski definition) is 6. The van der Waals surface area contributed by atoms with Gasteiger partial charge in [-0.1, -0.05) is 24.3 Å². The van der Waals surface area contributed by atoms with Crippen molar-refractivity contribution in [1.29, 1.82) is 0 Å². The molecule has 1 saturated heterocycles.